The molecule has 1 aromatic heterocycles. The van der Waals surface area contributed by atoms with Crippen molar-refractivity contribution in [2.75, 3.05) is 13.7 Å². The minimum Gasteiger partial charge on any atom is -0.497 e. The van der Waals surface area contributed by atoms with E-state index < -0.39 is 5.91 Å². The number of amides is 1. The van der Waals surface area contributed by atoms with Crippen LogP contribution in [0.4, 0.5) is 0 Å². The van der Waals surface area contributed by atoms with E-state index in [1.54, 1.807) is 18.7 Å². The summed E-state index contributed by atoms with van der Waals surface area (Å²) >= 11 is 1.23. The second-order valence-electron chi connectivity index (χ2n) is 7.43. The largest absolute Gasteiger partial charge is 0.497 e. The van der Waals surface area contributed by atoms with Gasteiger partial charge in [-0.2, -0.15) is 15.1 Å². The van der Waals surface area contributed by atoms with E-state index in [1.165, 1.54) is 16.8 Å². The fraction of sp³-hybridized carbons (Fsp3) is 0.167. The molecule has 8 nitrogen and oxygen atoms in total. The number of fused-ring (bicyclic) bond motifs is 2. The molecular weight excluding hydrogens is 438 g/mol. The lowest BCUT2D eigenvalue weighted by Gasteiger charge is -2.20. The summed E-state index contributed by atoms with van der Waals surface area (Å²) in [5.41, 5.74) is 3.72. The molecule has 2 aliphatic heterocycles. The third-order valence-electron chi connectivity index (χ3n) is 5.39. The number of carbonyl (C=O) groups excluding carboxylic acids is 1. The van der Waals surface area contributed by atoms with Crippen molar-refractivity contribution in [2.45, 2.75) is 13.0 Å². The summed E-state index contributed by atoms with van der Waals surface area (Å²) in [5.74, 6) is 1.21. The number of rotatable bonds is 7. The van der Waals surface area contributed by atoms with Gasteiger partial charge in [0.1, 0.15) is 11.5 Å². The Hall–Kier alpha value is -3.85. The number of thioether (sulfide) groups is 1. The van der Waals surface area contributed by atoms with Crippen LogP contribution in [-0.2, 0) is 11.3 Å². The van der Waals surface area contributed by atoms with E-state index in [-0.39, 0.29) is 11.4 Å². The highest BCUT2D eigenvalue weighted by Gasteiger charge is 2.32. The zero-order valence-electron chi connectivity index (χ0n) is 17.9. The third kappa shape index (κ3) is 4.14. The summed E-state index contributed by atoms with van der Waals surface area (Å²) in [4.78, 5) is 16.6. The van der Waals surface area contributed by atoms with Gasteiger partial charge in [-0.15, -0.1) is 0 Å². The number of carbonyl (C=O) groups is 1. The number of hydrogen-bond acceptors (Lipinski definition) is 6. The number of nitrogens with zero attached hydrogens (tertiary/aromatic N) is 4. The van der Waals surface area contributed by atoms with Crippen molar-refractivity contribution in [3.05, 3.63) is 65.9 Å². The number of aromatic nitrogens is 1. The van der Waals surface area contributed by atoms with Crippen molar-refractivity contribution in [2.24, 2.45) is 10.1 Å². The van der Waals surface area contributed by atoms with Crippen molar-refractivity contribution in [3.8, 4) is 11.5 Å². The Labute approximate surface area is 194 Å². The molecule has 0 radical (unpaired) electrons. The number of benzene rings is 2. The van der Waals surface area contributed by atoms with Crippen molar-refractivity contribution < 1.29 is 14.3 Å². The molecule has 0 unspecified atom stereocenters. The van der Waals surface area contributed by atoms with Gasteiger partial charge in [-0.25, -0.2) is 0 Å². The summed E-state index contributed by atoms with van der Waals surface area (Å²) in [7, 11) is 1.64. The van der Waals surface area contributed by atoms with Gasteiger partial charge in [-0.3, -0.25) is 10.2 Å². The van der Waals surface area contributed by atoms with Crippen LogP contribution >= 0.6 is 11.8 Å². The van der Waals surface area contributed by atoms with Crippen LogP contribution in [0, 0.1) is 5.41 Å². The molecule has 0 fully saturated rings. The zero-order chi connectivity index (χ0) is 22.8. The first-order valence-electron chi connectivity index (χ1n) is 10.4. The lowest BCUT2D eigenvalue weighted by molar-refractivity contribution is -0.114. The molecule has 3 heterocycles. The predicted octanol–water partition coefficient (Wildman–Crippen LogP) is 4.37. The van der Waals surface area contributed by atoms with Crippen molar-refractivity contribution >= 4 is 51.2 Å². The summed E-state index contributed by atoms with van der Waals surface area (Å²) < 4.78 is 13.2. The van der Waals surface area contributed by atoms with Gasteiger partial charge in [0.25, 0.3) is 5.91 Å². The van der Waals surface area contributed by atoms with Crippen LogP contribution in [0.1, 0.15) is 12.0 Å². The Morgan fingerprint density at radius 2 is 1.91 bits per heavy atom. The molecule has 5 rings (SSSR count). The molecule has 2 aromatic carbocycles. The van der Waals surface area contributed by atoms with E-state index in [4.69, 9.17) is 14.9 Å². The van der Waals surface area contributed by atoms with Gasteiger partial charge in [-0.05, 0) is 54.6 Å². The Kier molecular flexibility index (Phi) is 5.70. The topological polar surface area (TPSA) is 92.3 Å². The van der Waals surface area contributed by atoms with Crippen LogP contribution in [0.5, 0.6) is 11.5 Å². The number of hydrazone groups is 1. The number of aryl methyl sites for hydroxylation is 1. The highest BCUT2D eigenvalue weighted by atomic mass is 32.2. The number of nitrogens with one attached hydrogen (secondary N) is 1. The SMILES string of the molecule is COc1ccc(OCCCn2cc(C=C3C(=N)N4N=CSC4=NC3=O)c3ccccc32)cc1. The Morgan fingerprint density at radius 1 is 1.12 bits per heavy atom. The fourth-order valence-corrected chi connectivity index (χ4v) is 4.37. The number of hydrogen-bond donors (Lipinski definition) is 1. The van der Waals surface area contributed by atoms with Gasteiger partial charge in [0.15, 0.2) is 11.0 Å². The average molecular weight is 460 g/mol. The number of amidine groups is 2. The smallest absolute Gasteiger partial charge is 0.283 e. The van der Waals surface area contributed by atoms with Gasteiger partial charge in [0.05, 0.1) is 24.8 Å². The molecule has 33 heavy (non-hydrogen) atoms. The minimum atomic E-state index is -0.422. The monoisotopic (exact) mass is 459 g/mol. The highest BCUT2D eigenvalue weighted by molar-refractivity contribution is 8.25. The number of ether oxygens (including phenoxy) is 2. The molecular formula is C24H21N5O3S. The second-order valence-corrected chi connectivity index (χ2v) is 8.24. The van der Waals surface area contributed by atoms with E-state index in [2.05, 4.69) is 14.7 Å². The second kappa shape index (κ2) is 8.95. The van der Waals surface area contributed by atoms with E-state index in [1.807, 2.05) is 54.7 Å². The summed E-state index contributed by atoms with van der Waals surface area (Å²) in [5, 5.41) is 15.3. The maximum absolute atomic E-state index is 12.6. The lowest BCUT2D eigenvalue weighted by Crippen LogP contribution is -2.35. The van der Waals surface area contributed by atoms with Crippen LogP contribution < -0.4 is 9.47 Å². The minimum absolute atomic E-state index is 0.0379. The molecule has 0 aliphatic carbocycles. The summed E-state index contributed by atoms with van der Waals surface area (Å²) in [6.07, 6.45) is 4.55. The molecule has 0 spiro atoms. The highest BCUT2D eigenvalue weighted by Crippen LogP contribution is 2.28. The van der Waals surface area contributed by atoms with Crippen LogP contribution in [0.15, 0.2) is 70.4 Å². The molecule has 0 bridgehead atoms. The molecule has 0 atom stereocenters. The van der Waals surface area contributed by atoms with E-state index >= 15 is 0 Å². The van der Waals surface area contributed by atoms with Gasteiger partial charge < -0.3 is 14.0 Å². The van der Waals surface area contributed by atoms with Crippen LogP contribution in [0.2, 0.25) is 0 Å². The van der Waals surface area contributed by atoms with Gasteiger partial charge in [-0.1, -0.05) is 18.2 Å². The van der Waals surface area contributed by atoms with Crippen LogP contribution in [0.25, 0.3) is 17.0 Å². The first kappa shape index (κ1) is 21.0. The van der Waals surface area contributed by atoms with Gasteiger partial charge in [0, 0.05) is 29.2 Å². The Bertz CT molecular complexity index is 1320. The fourth-order valence-electron chi connectivity index (χ4n) is 3.76. The van der Waals surface area contributed by atoms with Crippen molar-refractivity contribution in [1.29, 1.82) is 5.41 Å². The molecule has 3 aromatic rings. The number of para-hydroxylation sites is 1. The lowest BCUT2D eigenvalue weighted by atomic mass is 10.1. The summed E-state index contributed by atoms with van der Waals surface area (Å²) in [6.45, 7) is 1.32. The third-order valence-corrected chi connectivity index (χ3v) is 6.06. The maximum Gasteiger partial charge on any atom is 0.283 e. The van der Waals surface area contributed by atoms with Crippen LogP contribution in [0.3, 0.4) is 0 Å². The Balaban J connectivity index is 1.34. The van der Waals surface area contributed by atoms with Crippen molar-refractivity contribution in [1.82, 2.24) is 9.58 Å². The number of methoxy groups -OCH3 is 1. The molecule has 9 heteroatoms. The maximum atomic E-state index is 12.6. The van der Waals surface area contributed by atoms with Gasteiger partial charge >= 0.3 is 0 Å². The normalized spacial score (nSPS) is 16.5. The molecule has 0 saturated heterocycles. The zero-order valence-corrected chi connectivity index (χ0v) is 18.7. The first-order valence-corrected chi connectivity index (χ1v) is 11.3. The molecule has 166 valence electrons. The number of aliphatic imine (C=N–C) groups is 1. The average Bonchev–Trinajstić information content (AvgIpc) is 3.45. The molecule has 2 aliphatic rings. The summed E-state index contributed by atoms with van der Waals surface area (Å²) in [6, 6.07) is 15.5. The van der Waals surface area contributed by atoms with E-state index in [0.29, 0.717) is 11.8 Å². The van der Waals surface area contributed by atoms with Gasteiger partial charge in [0.2, 0.25) is 0 Å². The Morgan fingerprint density at radius 3 is 2.73 bits per heavy atom. The quantitative estimate of drug-likeness (QED) is 0.418. The molecule has 0 saturated carbocycles. The first-order chi connectivity index (χ1) is 16.1. The van der Waals surface area contributed by atoms with Crippen LogP contribution in [-0.4, -0.2) is 45.7 Å². The standard InChI is InChI=1S/C24H21N5O3S/c1-31-17-7-9-18(10-8-17)32-12-4-11-28-14-16(19-5-2-3-6-21(19)28)13-20-22(25)29-24(27-23(20)30)33-15-26-29/h2-3,5-10,13-15,25H,4,11-12H2,1H3. The predicted molar refractivity (Wildman–Crippen MR) is 131 cm³/mol. The van der Waals surface area contributed by atoms with E-state index in [9.17, 15) is 4.79 Å². The van der Waals surface area contributed by atoms with E-state index in [0.717, 1.165) is 40.9 Å². The molecule has 1 N–H and O–H groups in total. The molecule has 1 amide bonds. The van der Waals surface area contributed by atoms with Crippen molar-refractivity contribution in [3.63, 3.8) is 0 Å².